The van der Waals surface area contributed by atoms with Crippen molar-refractivity contribution in [3.63, 3.8) is 0 Å². The first-order valence-corrected chi connectivity index (χ1v) is 7.17. The highest BCUT2D eigenvalue weighted by Crippen LogP contribution is 2.31. The van der Waals surface area contributed by atoms with Gasteiger partial charge in [-0.1, -0.05) is 18.2 Å². The standard InChI is InChI=1S/C14H11F3N6S/c1-8-6-11(20-19-8)12-21-22-13(24)23(12)18-7-9-4-2-3-5-10(9)14(15,16)17/h2-7H,1H3,(H,19,20)(H,22,24)/b18-7-. The molecule has 2 aromatic heterocycles. The number of hydrogen-bond donors (Lipinski definition) is 2. The fourth-order valence-electron chi connectivity index (χ4n) is 2.08. The molecule has 0 radical (unpaired) electrons. The summed E-state index contributed by atoms with van der Waals surface area (Å²) in [6.07, 6.45) is -3.38. The Labute approximate surface area is 139 Å². The van der Waals surface area contributed by atoms with Gasteiger partial charge in [0.2, 0.25) is 10.6 Å². The quantitative estimate of drug-likeness (QED) is 0.559. The van der Waals surface area contributed by atoms with Crippen LogP contribution in [0, 0.1) is 11.7 Å². The number of aromatic amines is 2. The molecule has 24 heavy (non-hydrogen) atoms. The number of H-pyrrole nitrogens is 2. The molecule has 0 saturated carbocycles. The van der Waals surface area contributed by atoms with E-state index in [9.17, 15) is 13.2 Å². The zero-order valence-corrected chi connectivity index (χ0v) is 13.1. The summed E-state index contributed by atoms with van der Waals surface area (Å²) in [5.74, 6) is 0.296. The molecule has 0 bridgehead atoms. The summed E-state index contributed by atoms with van der Waals surface area (Å²) in [4.78, 5) is 0. The van der Waals surface area contributed by atoms with Gasteiger partial charge in [0, 0.05) is 11.3 Å². The van der Waals surface area contributed by atoms with Gasteiger partial charge in [-0.05, 0) is 31.3 Å². The largest absolute Gasteiger partial charge is 0.417 e. The van der Waals surface area contributed by atoms with Gasteiger partial charge in [0.15, 0.2) is 0 Å². The van der Waals surface area contributed by atoms with Gasteiger partial charge >= 0.3 is 6.18 Å². The van der Waals surface area contributed by atoms with E-state index in [4.69, 9.17) is 12.2 Å². The summed E-state index contributed by atoms with van der Waals surface area (Å²) in [6, 6.07) is 6.87. The Kier molecular flexibility index (Phi) is 4.06. The van der Waals surface area contributed by atoms with Crippen molar-refractivity contribution in [2.75, 3.05) is 0 Å². The summed E-state index contributed by atoms with van der Waals surface area (Å²) in [7, 11) is 0. The Bertz CT molecular complexity index is 950. The van der Waals surface area contributed by atoms with Gasteiger partial charge < -0.3 is 0 Å². The van der Waals surface area contributed by atoms with E-state index in [1.807, 2.05) is 6.92 Å². The monoisotopic (exact) mass is 352 g/mol. The minimum Gasteiger partial charge on any atom is -0.282 e. The molecule has 0 unspecified atom stereocenters. The molecule has 0 spiro atoms. The van der Waals surface area contributed by atoms with E-state index < -0.39 is 11.7 Å². The zero-order valence-electron chi connectivity index (χ0n) is 12.3. The predicted molar refractivity (Wildman–Crippen MR) is 84.2 cm³/mol. The van der Waals surface area contributed by atoms with Crippen LogP contribution in [0.2, 0.25) is 0 Å². The number of rotatable bonds is 3. The molecule has 10 heteroatoms. The number of aromatic nitrogens is 5. The lowest BCUT2D eigenvalue weighted by molar-refractivity contribution is -0.137. The maximum absolute atomic E-state index is 13.0. The Hall–Kier alpha value is -2.75. The van der Waals surface area contributed by atoms with Gasteiger partial charge in [-0.25, -0.2) is 5.10 Å². The highest BCUT2D eigenvalue weighted by Gasteiger charge is 2.32. The van der Waals surface area contributed by atoms with E-state index in [-0.39, 0.29) is 10.3 Å². The van der Waals surface area contributed by atoms with E-state index in [1.165, 1.54) is 22.9 Å². The normalized spacial score (nSPS) is 12.2. The second kappa shape index (κ2) is 6.04. The fourth-order valence-corrected chi connectivity index (χ4v) is 2.26. The van der Waals surface area contributed by atoms with Crippen molar-refractivity contribution in [1.82, 2.24) is 25.1 Å². The SMILES string of the molecule is Cc1cc(-c2n[nH]c(=S)n2/N=C\c2ccccc2C(F)(F)F)n[nH]1. The first-order valence-electron chi connectivity index (χ1n) is 6.76. The van der Waals surface area contributed by atoms with Crippen LogP contribution in [-0.2, 0) is 6.18 Å². The van der Waals surface area contributed by atoms with Crippen molar-refractivity contribution in [2.24, 2.45) is 5.10 Å². The third kappa shape index (κ3) is 3.13. The molecule has 3 rings (SSSR count). The summed E-state index contributed by atoms with van der Waals surface area (Å²) in [5.41, 5.74) is 0.427. The van der Waals surface area contributed by atoms with Crippen LogP contribution in [-0.4, -0.2) is 31.3 Å². The topological polar surface area (TPSA) is 74.7 Å². The molecule has 1 aromatic carbocycles. The number of benzene rings is 1. The molecular formula is C14H11F3N6S. The number of halogens is 3. The molecule has 2 heterocycles. The lowest BCUT2D eigenvalue weighted by atomic mass is 10.1. The lowest BCUT2D eigenvalue weighted by Gasteiger charge is -2.09. The molecule has 0 saturated heterocycles. The Balaban J connectivity index is 2.03. The number of alkyl halides is 3. The average Bonchev–Trinajstić information content (AvgIpc) is 3.10. The first kappa shape index (κ1) is 16.1. The molecule has 0 aliphatic heterocycles. The summed E-state index contributed by atoms with van der Waals surface area (Å²) >= 11 is 5.07. The van der Waals surface area contributed by atoms with Crippen LogP contribution >= 0.6 is 12.2 Å². The smallest absolute Gasteiger partial charge is 0.282 e. The molecule has 0 aliphatic carbocycles. The molecule has 2 N–H and O–H groups in total. The number of aryl methyl sites for hydroxylation is 1. The van der Waals surface area contributed by atoms with Gasteiger partial charge in [-0.2, -0.15) is 33.1 Å². The highest BCUT2D eigenvalue weighted by atomic mass is 32.1. The van der Waals surface area contributed by atoms with E-state index in [1.54, 1.807) is 6.07 Å². The Morgan fingerprint density at radius 3 is 2.62 bits per heavy atom. The van der Waals surface area contributed by atoms with Crippen LogP contribution in [0.4, 0.5) is 13.2 Å². The van der Waals surface area contributed by atoms with E-state index in [0.29, 0.717) is 11.5 Å². The summed E-state index contributed by atoms with van der Waals surface area (Å²) < 4.78 is 40.4. The van der Waals surface area contributed by atoms with E-state index >= 15 is 0 Å². The van der Waals surface area contributed by atoms with Crippen molar-refractivity contribution in [2.45, 2.75) is 13.1 Å². The molecule has 0 fully saturated rings. The molecule has 124 valence electrons. The maximum Gasteiger partial charge on any atom is 0.417 e. The van der Waals surface area contributed by atoms with Crippen LogP contribution in [0.25, 0.3) is 11.5 Å². The Morgan fingerprint density at radius 2 is 1.96 bits per heavy atom. The van der Waals surface area contributed by atoms with Crippen LogP contribution in [0.3, 0.4) is 0 Å². The van der Waals surface area contributed by atoms with Crippen molar-refractivity contribution in [3.8, 4) is 11.5 Å². The third-order valence-electron chi connectivity index (χ3n) is 3.16. The molecule has 3 aromatic rings. The highest BCUT2D eigenvalue weighted by molar-refractivity contribution is 7.71. The van der Waals surface area contributed by atoms with Crippen LogP contribution in [0.5, 0.6) is 0 Å². The minimum absolute atomic E-state index is 0.0720. The minimum atomic E-state index is -4.47. The maximum atomic E-state index is 13.0. The molecule has 0 atom stereocenters. The average molecular weight is 352 g/mol. The summed E-state index contributed by atoms with van der Waals surface area (Å²) in [6.45, 7) is 1.81. The van der Waals surface area contributed by atoms with Crippen LogP contribution < -0.4 is 0 Å². The van der Waals surface area contributed by atoms with Crippen molar-refractivity contribution in [3.05, 3.63) is 51.9 Å². The zero-order chi connectivity index (χ0) is 17.3. The van der Waals surface area contributed by atoms with Crippen molar-refractivity contribution < 1.29 is 13.2 Å². The second-order valence-electron chi connectivity index (χ2n) is 4.93. The van der Waals surface area contributed by atoms with Crippen LogP contribution in [0.1, 0.15) is 16.8 Å². The second-order valence-corrected chi connectivity index (χ2v) is 5.32. The predicted octanol–water partition coefficient (Wildman–Crippen LogP) is 3.54. The van der Waals surface area contributed by atoms with Gasteiger partial charge in [0.1, 0.15) is 5.69 Å². The van der Waals surface area contributed by atoms with Crippen LogP contribution in [0.15, 0.2) is 35.4 Å². The molecule has 0 amide bonds. The van der Waals surface area contributed by atoms with Gasteiger partial charge in [0.05, 0.1) is 11.8 Å². The number of hydrogen-bond acceptors (Lipinski definition) is 4. The third-order valence-corrected chi connectivity index (χ3v) is 3.43. The number of nitrogens with zero attached hydrogens (tertiary/aromatic N) is 4. The van der Waals surface area contributed by atoms with Gasteiger partial charge in [0.25, 0.3) is 0 Å². The van der Waals surface area contributed by atoms with Crippen molar-refractivity contribution >= 4 is 18.4 Å². The molecular weight excluding hydrogens is 341 g/mol. The van der Waals surface area contributed by atoms with E-state index in [0.717, 1.165) is 18.0 Å². The fraction of sp³-hybridized carbons (Fsp3) is 0.143. The lowest BCUT2D eigenvalue weighted by Crippen LogP contribution is -2.09. The van der Waals surface area contributed by atoms with E-state index in [2.05, 4.69) is 25.5 Å². The summed E-state index contributed by atoms with van der Waals surface area (Å²) in [5, 5.41) is 17.4. The molecule has 6 nitrogen and oxygen atoms in total. The number of nitrogens with one attached hydrogen (secondary N) is 2. The Morgan fingerprint density at radius 1 is 1.21 bits per heavy atom. The first-order chi connectivity index (χ1) is 11.4. The van der Waals surface area contributed by atoms with Gasteiger partial charge in [-0.3, -0.25) is 5.10 Å². The van der Waals surface area contributed by atoms with Gasteiger partial charge in [-0.15, -0.1) is 0 Å². The molecule has 0 aliphatic rings. The van der Waals surface area contributed by atoms with Crippen molar-refractivity contribution in [1.29, 1.82) is 0 Å².